The molecule has 0 bridgehead atoms. The lowest BCUT2D eigenvalue weighted by molar-refractivity contribution is -0.119. The Kier molecular flexibility index (Phi) is 6.32. The summed E-state index contributed by atoms with van der Waals surface area (Å²) in [5.41, 5.74) is 0.178. The molecular formula is C20H21FN6O6S. The van der Waals surface area contributed by atoms with Gasteiger partial charge in [0.25, 0.3) is 10.0 Å². The van der Waals surface area contributed by atoms with Crippen molar-refractivity contribution in [2.75, 3.05) is 13.1 Å². The van der Waals surface area contributed by atoms with Crippen molar-refractivity contribution in [2.24, 2.45) is 0 Å². The van der Waals surface area contributed by atoms with Gasteiger partial charge in [-0.2, -0.15) is 5.10 Å². The first kappa shape index (κ1) is 23.4. The van der Waals surface area contributed by atoms with E-state index in [-0.39, 0.29) is 29.7 Å². The van der Waals surface area contributed by atoms with Crippen molar-refractivity contribution in [1.82, 2.24) is 29.4 Å². The number of sulfonamides is 1. The molecule has 0 radical (unpaired) electrons. The molecule has 1 aliphatic rings. The highest BCUT2D eigenvalue weighted by atomic mass is 32.2. The van der Waals surface area contributed by atoms with Gasteiger partial charge in [0.15, 0.2) is 5.65 Å². The number of fused-ring (bicyclic) bond motifs is 1. The van der Waals surface area contributed by atoms with Crippen molar-refractivity contribution in [2.45, 2.75) is 37.2 Å². The van der Waals surface area contributed by atoms with Gasteiger partial charge in [-0.1, -0.05) is 6.92 Å². The Hall–Kier alpha value is -3.81. The molecule has 34 heavy (non-hydrogen) atoms. The van der Waals surface area contributed by atoms with Gasteiger partial charge in [-0.05, 0) is 18.2 Å². The summed E-state index contributed by atoms with van der Waals surface area (Å²) in [6.07, 6.45) is 2.36. The van der Waals surface area contributed by atoms with Gasteiger partial charge < -0.3 is 14.7 Å². The second-order valence-corrected chi connectivity index (χ2v) is 9.24. The van der Waals surface area contributed by atoms with Crippen LogP contribution in [0, 0.1) is 5.82 Å². The van der Waals surface area contributed by atoms with Gasteiger partial charge in [0, 0.05) is 32.4 Å². The molecule has 1 aromatic carbocycles. The summed E-state index contributed by atoms with van der Waals surface area (Å²) in [7, 11) is -4.21. The van der Waals surface area contributed by atoms with Crippen molar-refractivity contribution < 1.29 is 32.2 Å². The number of nitrogens with zero attached hydrogens (tertiary/aromatic N) is 5. The Labute approximate surface area is 193 Å². The molecule has 4 rings (SSSR count). The number of nitrogens with one attached hydrogen (secondary N) is 1. The largest absolute Gasteiger partial charge is 0.474 e. The Morgan fingerprint density at radius 3 is 2.65 bits per heavy atom. The molecule has 0 unspecified atom stereocenters. The molecule has 3 heterocycles. The first-order valence-electron chi connectivity index (χ1n) is 10.4. The molecule has 0 saturated carbocycles. The number of piperidine rings is 1. The number of carboxylic acid groups (broad SMARTS) is 1. The smallest absolute Gasteiger partial charge is 0.407 e. The van der Waals surface area contributed by atoms with Crippen LogP contribution in [0.15, 0.2) is 35.6 Å². The van der Waals surface area contributed by atoms with Crippen LogP contribution in [0.3, 0.4) is 0 Å². The van der Waals surface area contributed by atoms with E-state index in [2.05, 4.69) is 15.1 Å². The van der Waals surface area contributed by atoms with Gasteiger partial charge in [0.2, 0.25) is 11.8 Å². The number of aromatic nitrogens is 4. The third kappa shape index (κ3) is 4.62. The van der Waals surface area contributed by atoms with E-state index in [9.17, 15) is 22.4 Å². The second kappa shape index (κ2) is 9.21. The van der Waals surface area contributed by atoms with E-state index >= 15 is 0 Å². The molecule has 14 heteroatoms. The van der Waals surface area contributed by atoms with Gasteiger partial charge in [0.05, 0.1) is 11.1 Å². The maximum atomic E-state index is 14.9. The molecule has 0 aliphatic carbocycles. The van der Waals surface area contributed by atoms with E-state index in [0.717, 1.165) is 12.1 Å². The summed E-state index contributed by atoms with van der Waals surface area (Å²) in [5, 5.41) is 13.6. The minimum absolute atomic E-state index is 0.0398. The van der Waals surface area contributed by atoms with Crippen LogP contribution in [-0.4, -0.2) is 69.4 Å². The van der Waals surface area contributed by atoms with E-state index in [1.54, 1.807) is 0 Å². The number of carbonyl (C=O) groups excluding carboxylic acids is 1. The second-order valence-electron chi connectivity index (χ2n) is 7.55. The highest BCUT2D eigenvalue weighted by Crippen LogP contribution is 2.27. The van der Waals surface area contributed by atoms with Crippen LogP contribution >= 0.6 is 0 Å². The van der Waals surface area contributed by atoms with E-state index in [1.165, 1.54) is 35.1 Å². The van der Waals surface area contributed by atoms with Crippen LogP contribution in [0.25, 0.3) is 16.7 Å². The molecule has 2 aromatic heterocycles. The normalized spacial score (nSPS) is 14.8. The zero-order chi connectivity index (χ0) is 24.5. The number of carbonyl (C=O) groups is 2. The fourth-order valence-electron chi connectivity index (χ4n) is 3.52. The van der Waals surface area contributed by atoms with Crippen molar-refractivity contribution in [1.29, 1.82) is 0 Å². The minimum Gasteiger partial charge on any atom is -0.474 e. The van der Waals surface area contributed by atoms with Gasteiger partial charge in [-0.3, -0.25) is 4.79 Å². The molecule has 180 valence electrons. The molecule has 3 aromatic rings. The third-order valence-electron chi connectivity index (χ3n) is 5.35. The molecule has 1 fully saturated rings. The number of rotatable bonds is 6. The topological polar surface area (TPSA) is 157 Å². The van der Waals surface area contributed by atoms with E-state index in [4.69, 9.17) is 9.84 Å². The summed E-state index contributed by atoms with van der Waals surface area (Å²) >= 11 is 0. The maximum absolute atomic E-state index is 14.9. The lowest BCUT2D eigenvalue weighted by Gasteiger charge is -2.29. The Balaban J connectivity index is 1.59. The summed E-state index contributed by atoms with van der Waals surface area (Å²) in [4.78, 5) is 31.7. The van der Waals surface area contributed by atoms with E-state index in [1.807, 2.05) is 4.72 Å². The summed E-state index contributed by atoms with van der Waals surface area (Å²) in [6, 6.07) is 3.17. The third-order valence-corrected chi connectivity index (χ3v) is 6.72. The fourth-order valence-corrected chi connectivity index (χ4v) is 4.59. The van der Waals surface area contributed by atoms with Crippen LogP contribution in [0.5, 0.6) is 5.88 Å². The standard InChI is InChI=1S/C20H21FN6O6S/c1-2-17(28)25-34(31,32)13-3-4-16(15(21)9-13)27-18-14(10-24-27)19(23-11-22-18)33-12-5-7-26(8-6-12)20(29)30/h3-4,9-12H,2,5-8H2,1H3,(H,25,28)(H,29,30). The first-order chi connectivity index (χ1) is 16.2. The van der Waals surface area contributed by atoms with E-state index < -0.39 is 32.7 Å². The van der Waals surface area contributed by atoms with Crippen LogP contribution in [0.4, 0.5) is 9.18 Å². The number of ether oxygens (including phenoxy) is 1. The van der Waals surface area contributed by atoms with Crippen molar-refractivity contribution in [3.63, 3.8) is 0 Å². The molecular weight excluding hydrogens is 471 g/mol. The molecule has 2 amide bonds. The molecule has 0 atom stereocenters. The quantitative estimate of drug-likeness (QED) is 0.522. The molecule has 2 N–H and O–H groups in total. The Bertz CT molecular complexity index is 1350. The van der Waals surface area contributed by atoms with Gasteiger partial charge >= 0.3 is 6.09 Å². The molecule has 12 nitrogen and oxygen atoms in total. The predicted molar refractivity (Wildman–Crippen MR) is 115 cm³/mol. The van der Waals surface area contributed by atoms with Crippen LogP contribution in [0.1, 0.15) is 26.2 Å². The monoisotopic (exact) mass is 492 g/mol. The number of benzene rings is 1. The molecule has 1 saturated heterocycles. The Morgan fingerprint density at radius 1 is 1.26 bits per heavy atom. The van der Waals surface area contributed by atoms with Gasteiger partial charge in [0.1, 0.15) is 29.3 Å². The number of hydrogen-bond acceptors (Lipinski definition) is 8. The van der Waals surface area contributed by atoms with Crippen molar-refractivity contribution >= 4 is 33.1 Å². The number of hydrogen-bond donors (Lipinski definition) is 2. The summed E-state index contributed by atoms with van der Waals surface area (Å²) in [6.45, 7) is 2.18. The molecule has 0 spiro atoms. The van der Waals surface area contributed by atoms with Gasteiger partial charge in [-0.25, -0.2) is 37.0 Å². The highest BCUT2D eigenvalue weighted by Gasteiger charge is 2.25. The first-order valence-corrected chi connectivity index (χ1v) is 11.9. The van der Waals surface area contributed by atoms with Crippen LogP contribution in [-0.2, 0) is 14.8 Å². The number of halogens is 1. The maximum Gasteiger partial charge on any atom is 0.407 e. The molecule has 1 aliphatic heterocycles. The van der Waals surface area contributed by atoms with Crippen LogP contribution < -0.4 is 9.46 Å². The zero-order valence-electron chi connectivity index (χ0n) is 18.0. The number of amides is 2. The highest BCUT2D eigenvalue weighted by molar-refractivity contribution is 7.90. The van der Waals surface area contributed by atoms with Gasteiger partial charge in [-0.15, -0.1) is 0 Å². The predicted octanol–water partition coefficient (Wildman–Crippen LogP) is 1.69. The Morgan fingerprint density at radius 2 is 2.00 bits per heavy atom. The SMILES string of the molecule is CCC(=O)NS(=O)(=O)c1ccc(-n2ncc3c(OC4CCN(C(=O)O)CC4)ncnc32)c(F)c1. The number of likely N-dealkylation sites (tertiary alicyclic amines) is 1. The zero-order valence-corrected chi connectivity index (χ0v) is 18.8. The van der Waals surface area contributed by atoms with Crippen LogP contribution in [0.2, 0.25) is 0 Å². The minimum atomic E-state index is -4.21. The average Bonchev–Trinajstić information content (AvgIpc) is 3.24. The lowest BCUT2D eigenvalue weighted by atomic mass is 10.1. The summed E-state index contributed by atoms with van der Waals surface area (Å²) < 4.78 is 48.4. The van der Waals surface area contributed by atoms with Crippen molar-refractivity contribution in [3.05, 3.63) is 36.5 Å². The fraction of sp³-hybridized carbons (Fsp3) is 0.350. The van der Waals surface area contributed by atoms with E-state index in [0.29, 0.717) is 31.3 Å². The summed E-state index contributed by atoms with van der Waals surface area (Å²) in [5.74, 6) is -1.37. The average molecular weight is 492 g/mol. The lowest BCUT2D eigenvalue weighted by Crippen LogP contribution is -2.41. The van der Waals surface area contributed by atoms with Crippen molar-refractivity contribution in [3.8, 4) is 11.6 Å².